The van der Waals surface area contributed by atoms with Crippen molar-refractivity contribution in [2.45, 2.75) is 30.1 Å². The van der Waals surface area contributed by atoms with Crippen molar-refractivity contribution < 1.29 is 21.6 Å². The van der Waals surface area contributed by atoms with Gasteiger partial charge >= 0.3 is 0 Å². The van der Waals surface area contributed by atoms with E-state index < -0.39 is 31.5 Å². The molecular formula is C18H19N3O5S2. The average molecular weight is 422 g/mol. The minimum atomic E-state index is -4.04. The maximum absolute atomic E-state index is 12.6. The third-order valence-corrected chi connectivity index (χ3v) is 7.15. The summed E-state index contributed by atoms with van der Waals surface area (Å²) >= 11 is 0. The van der Waals surface area contributed by atoms with Gasteiger partial charge in [0.2, 0.25) is 5.91 Å². The fourth-order valence-corrected chi connectivity index (χ4v) is 5.15. The van der Waals surface area contributed by atoms with E-state index in [1.165, 1.54) is 19.1 Å². The molecule has 0 saturated heterocycles. The second-order valence-corrected chi connectivity index (χ2v) is 9.85. The minimum absolute atomic E-state index is 0.191. The lowest BCUT2D eigenvalue weighted by Crippen LogP contribution is -2.24. The van der Waals surface area contributed by atoms with Crippen molar-refractivity contribution in [3.05, 3.63) is 48.0 Å². The van der Waals surface area contributed by atoms with Crippen LogP contribution in [0.5, 0.6) is 0 Å². The Hall–Kier alpha value is -2.72. The molecule has 0 spiro atoms. The molecule has 0 aliphatic carbocycles. The first-order valence-corrected chi connectivity index (χ1v) is 11.5. The molecule has 2 N–H and O–H groups in total. The Bertz CT molecular complexity index is 1170. The number of carbonyl (C=O) groups is 1. The highest BCUT2D eigenvalue weighted by molar-refractivity contribution is 7.92. The van der Waals surface area contributed by atoms with Gasteiger partial charge in [0, 0.05) is 5.69 Å². The number of sulfonamides is 1. The third kappa shape index (κ3) is 4.23. The lowest BCUT2D eigenvalue weighted by molar-refractivity contribution is -0.113. The average Bonchev–Trinajstić information content (AvgIpc) is 2.60. The van der Waals surface area contributed by atoms with Crippen LogP contribution in [-0.2, 0) is 31.1 Å². The lowest BCUT2D eigenvalue weighted by atomic mass is 10.1. The van der Waals surface area contributed by atoms with E-state index in [1.54, 1.807) is 12.1 Å². The highest BCUT2D eigenvalue weighted by Crippen LogP contribution is 2.30. The molecule has 1 aliphatic rings. The Balaban J connectivity index is 1.81. The summed E-state index contributed by atoms with van der Waals surface area (Å²) in [6.07, 6.45) is 0.849. The summed E-state index contributed by atoms with van der Waals surface area (Å²) in [7, 11) is -8.04. The van der Waals surface area contributed by atoms with Crippen LogP contribution in [0, 0.1) is 0 Å². The standard InChI is InChI=1S/C18H19N3O5S2/c1-3-13-4-6-14(7-5-13)20-18(22)11-27(23,24)15-8-9-16-17(10-15)28(25,26)21-12(2)19-16/h4-10H,3,11H2,1-2H3,(H,19,21)(H,20,22). The number of carbonyl (C=O) groups excluding carboxylic acids is 1. The topological polar surface area (TPSA) is 122 Å². The molecule has 1 heterocycles. The summed E-state index contributed by atoms with van der Waals surface area (Å²) in [5.74, 6) is -1.33. The lowest BCUT2D eigenvalue weighted by Gasteiger charge is -2.16. The van der Waals surface area contributed by atoms with Gasteiger partial charge in [0.15, 0.2) is 9.84 Å². The van der Waals surface area contributed by atoms with E-state index in [-0.39, 0.29) is 21.3 Å². The molecule has 0 fully saturated rings. The summed E-state index contributed by atoms with van der Waals surface area (Å²) in [5.41, 5.74) is 1.82. The van der Waals surface area contributed by atoms with Crippen LogP contribution in [0.15, 0.2) is 56.7 Å². The number of hydrogen-bond donors (Lipinski definition) is 2. The monoisotopic (exact) mass is 421 g/mol. The van der Waals surface area contributed by atoms with Crippen molar-refractivity contribution >= 4 is 43.0 Å². The predicted molar refractivity (Wildman–Crippen MR) is 107 cm³/mol. The van der Waals surface area contributed by atoms with Crippen molar-refractivity contribution in [2.24, 2.45) is 4.40 Å². The Morgan fingerprint density at radius 3 is 2.46 bits per heavy atom. The Morgan fingerprint density at radius 2 is 1.82 bits per heavy atom. The number of amides is 1. The first-order chi connectivity index (χ1) is 13.1. The summed E-state index contributed by atoms with van der Waals surface area (Å²) in [5, 5.41) is 5.31. The molecule has 0 unspecified atom stereocenters. The second-order valence-electron chi connectivity index (χ2n) is 6.29. The van der Waals surface area contributed by atoms with Gasteiger partial charge in [-0.15, -0.1) is 4.40 Å². The molecule has 8 nitrogen and oxygen atoms in total. The summed E-state index contributed by atoms with van der Waals surface area (Å²) < 4.78 is 53.0. The molecule has 2 aromatic rings. The predicted octanol–water partition coefficient (Wildman–Crippen LogP) is 2.19. The van der Waals surface area contributed by atoms with Crippen LogP contribution in [0.1, 0.15) is 19.4 Å². The number of hydrogen-bond acceptors (Lipinski definition) is 6. The van der Waals surface area contributed by atoms with Crippen LogP contribution in [0.25, 0.3) is 0 Å². The van der Waals surface area contributed by atoms with Gasteiger partial charge in [-0.1, -0.05) is 19.1 Å². The summed E-state index contributed by atoms with van der Waals surface area (Å²) in [6, 6.07) is 10.7. The number of rotatable bonds is 5. The van der Waals surface area contributed by atoms with Gasteiger partial charge in [-0.3, -0.25) is 4.79 Å². The van der Waals surface area contributed by atoms with Crippen LogP contribution < -0.4 is 10.6 Å². The number of aryl methyl sites for hydroxylation is 1. The molecule has 3 rings (SSSR count). The smallest absolute Gasteiger partial charge is 0.286 e. The van der Waals surface area contributed by atoms with Crippen molar-refractivity contribution in [1.29, 1.82) is 0 Å². The molecule has 0 radical (unpaired) electrons. The van der Waals surface area contributed by atoms with E-state index in [9.17, 15) is 21.6 Å². The molecule has 148 valence electrons. The SMILES string of the molecule is CCc1ccc(NC(=O)CS(=O)(=O)c2ccc3c(c2)S(=O)(=O)N=C(C)N3)cc1. The molecule has 0 saturated carbocycles. The summed E-state index contributed by atoms with van der Waals surface area (Å²) in [6.45, 7) is 3.49. The van der Waals surface area contributed by atoms with Crippen LogP contribution >= 0.6 is 0 Å². The van der Waals surface area contributed by atoms with E-state index >= 15 is 0 Å². The quantitative estimate of drug-likeness (QED) is 0.763. The number of anilines is 2. The second kappa shape index (κ2) is 7.36. The molecule has 0 bridgehead atoms. The molecule has 0 atom stereocenters. The fraction of sp³-hybridized carbons (Fsp3) is 0.222. The molecule has 10 heteroatoms. The largest absolute Gasteiger partial charge is 0.342 e. The van der Waals surface area contributed by atoms with Gasteiger partial charge in [0.1, 0.15) is 16.5 Å². The zero-order valence-electron chi connectivity index (χ0n) is 15.3. The number of nitrogens with one attached hydrogen (secondary N) is 2. The molecule has 1 amide bonds. The maximum atomic E-state index is 12.6. The van der Waals surface area contributed by atoms with Gasteiger partial charge < -0.3 is 10.6 Å². The first-order valence-electron chi connectivity index (χ1n) is 8.45. The number of nitrogens with zero attached hydrogens (tertiary/aromatic N) is 1. The summed E-state index contributed by atoms with van der Waals surface area (Å²) in [4.78, 5) is 11.7. The first kappa shape index (κ1) is 20.0. The van der Waals surface area contributed by atoms with E-state index in [4.69, 9.17) is 0 Å². The molecule has 1 aliphatic heterocycles. The van der Waals surface area contributed by atoms with E-state index in [1.807, 2.05) is 19.1 Å². The highest BCUT2D eigenvalue weighted by Gasteiger charge is 2.27. The number of benzene rings is 2. The molecule has 0 aromatic heterocycles. The normalized spacial score (nSPS) is 15.1. The highest BCUT2D eigenvalue weighted by atomic mass is 32.2. The van der Waals surface area contributed by atoms with E-state index in [0.717, 1.165) is 18.1 Å². The van der Waals surface area contributed by atoms with Gasteiger partial charge in [-0.25, -0.2) is 8.42 Å². The molecule has 28 heavy (non-hydrogen) atoms. The van der Waals surface area contributed by atoms with Crippen molar-refractivity contribution in [3.8, 4) is 0 Å². The molecular weight excluding hydrogens is 402 g/mol. The third-order valence-electron chi connectivity index (χ3n) is 4.13. The number of fused-ring (bicyclic) bond motifs is 1. The van der Waals surface area contributed by atoms with Crippen molar-refractivity contribution in [1.82, 2.24) is 0 Å². The zero-order valence-corrected chi connectivity index (χ0v) is 16.9. The van der Waals surface area contributed by atoms with Gasteiger partial charge in [0.25, 0.3) is 10.0 Å². The Kier molecular flexibility index (Phi) is 5.26. The molecule has 2 aromatic carbocycles. The van der Waals surface area contributed by atoms with Crippen LogP contribution in [0.3, 0.4) is 0 Å². The van der Waals surface area contributed by atoms with Crippen LogP contribution in [0.2, 0.25) is 0 Å². The van der Waals surface area contributed by atoms with Gasteiger partial charge in [0.05, 0.1) is 10.6 Å². The van der Waals surface area contributed by atoms with Crippen LogP contribution in [0.4, 0.5) is 11.4 Å². The fourth-order valence-electron chi connectivity index (χ4n) is 2.74. The van der Waals surface area contributed by atoms with Gasteiger partial charge in [-0.05, 0) is 49.2 Å². The van der Waals surface area contributed by atoms with E-state index in [2.05, 4.69) is 15.0 Å². The Labute approximate surface area is 163 Å². The van der Waals surface area contributed by atoms with Crippen molar-refractivity contribution in [3.63, 3.8) is 0 Å². The van der Waals surface area contributed by atoms with Gasteiger partial charge in [-0.2, -0.15) is 8.42 Å². The number of amidine groups is 1. The Morgan fingerprint density at radius 1 is 1.14 bits per heavy atom. The van der Waals surface area contributed by atoms with E-state index in [0.29, 0.717) is 5.69 Å². The maximum Gasteiger partial charge on any atom is 0.286 e. The number of sulfone groups is 1. The zero-order chi connectivity index (χ0) is 20.5. The van der Waals surface area contributed by atoms with Crippen LogP contribution in [-0.4, -0.2) is 34.3 Å². The minimum Gasteiger partial charge on any atom is -0.342 e. The van der Waals surface area contributed by atoms with Crippen molar-refractivity contribution in [2.75, 3.05) is 16.4 Å².